The standard InChI is InChI=1S/C11H23NO/c1-2-13-9-8-12-10-11-6-4-3-5-7-11/h11-12H,2-10H2,1H3. The zero-order valence-electron chi connectivity index (χ0n) is 8.85. The molecule has 1 aliphatic carbocycles. The van der Waals surface area contributed by atoms with Gasteiger partial charge in [0.15, 0.2) is 0 Å². The molecule has 0 radical (unpaired) electrons. The average molecular weight is 185 g/mol. The maximum atomic E-state index is 5.26. The second-order valence-corrected chi connectivity index (χ2v) is 3.91. The van der Waals surface area contributed by atoms with Crippen LogP contribution in [0.5, 0.6) is 0 Å². The highest BCUT2D eigenvalue weighted by atomic mass is 16.5. The minimum absolute atomic E-state index is 0.838. The first-order chi connectivity index (χ1) is 6.43. The molecule has 13 heavy (non-hydrogen) atoms. The van der Waals surface area contributed by atoms with E-state index in [1.807, 2.05) is 6.92 Å². The third kappa shape index (κ3) is 5.27. The van der Waals surface area contributed by atoms with Crippen LogP contribution in [0.3, 0.4) is 0 Å². The molecule has 0 bridgehead atoms. The molecule has 0 aliphatic heterocycles. The van der Waals surface area contributed by atoms with Crippen LogP contribution in [0.25, 0.3) is 0 Å². The van der Waals surface area contributed by atoms with Crippen LogP contribution >= 0.6 is 0 Å². The van der Waals surface area contributed by atoms with Crippen molar-refractivity contribution in [2.75, 3.05) is 26.3 Å². The zero-order valence-corrected chi connectivity index (χ0v) is 8.85. The van der Waals surface area contributed by atoms with Crippen molar-refractivity contribution >= 4 is 0 Å². The topological polar surface area (TPSA) is 21.3 Å². The van der Waals surface area contributed by atoms with Gasteiger partial charge >= 0.3 is 0 Å². The summed E-state index contributed by atoms with van der Waals surface area (Å²) in [4.78, 5) is 0. The summed E-state index contributed by atoms with van der Waals surface area (Å²) in [5.41, 5.74) is 0. The molecule has 1 saturated carbocycles. The van der Waals surface area contributed by atoms with E-state index in [1.54, 1.807) is 0 Å². The van der Waals surface area contributed by atoms with Gasteiger partial charge in [0.25, 0.3) is 0 Å². The third-order valence-electron chi connectivity index (χ3n) is 2.79. The van der Waals surface area contributed by atoms with Crippen LogP contribution in [-0.2, 0) is 4.74 Å². The van der Waals surface area contributed by atoms with Crippen molar-refractivity contribution in [1.29, 1.82) is 0 Å². The summed E-state index contributed by atoms with van der Waals surface area (Å²) in [5, 5.41) is 3.46. The monoisotopic (exact) mass is 185 g/mol. The Balaban J connectivity index is 1.86. The van der Waals surface area contributed by atoms with Crippen LogP contribution in [-0.4, -0.2) is 26.3 Å². The van der Waals surface area contributed by atoms with Gasteiger partial charge in [-0.3, -0.25) is 0 Å². The van der Waals surface area contributed by atoms with Crippen molar-refractivity contribution in [2.45, 2.75) is 39.0 Å². The molecule has 0 atom stereocenters. The molecule has 0 aromatic heterocycles. The van der Waals surface area contributed by atoms with Crippen molar-refractivity contribution in [3.63, 3.8) is 0 Å². The number of nitrogens with one attached hydrogen (secondary N) is 1. The fraction of sp³-hybridized carbons (Fsp3) is 1.00. The smallest absolute Gasteiger partial charge is 0.0590 e. The lowest BCUT2D eigenvalue weighted by atomic mass is 9.89. The van der Waals surface area contributed by atoms with Crippen molar-refractivity contribution in [2.24, 2.45) is 5.92 Å². The van der Waals surface area contributed by atoms with Gasteiger partial charge in [0, 0.05) is 13.2 Å². The van der Waals surface area contributed by atoms with E-state index >= 15 is 0 Å². The second-order valence-electron chi connectivity index (χ2n) is 3.91. The largest absolute Gasteiger partial charge is 0.380 e. The summed E-state index contributed by atoms with van der Waals surface area (Å²) in [5.74, 6) is 0.940. The van der Waals surface area contributed by atoms with Gasteiger partial charge in [0.05, 0.1) is 6.61 Å². The van der Waals surface area contributed by atoms with Gasteiger partial charge in [-0.25, -0.2) is 0 Å². The summed E-state index contributed by atoms with van der Waals surface area (Å²) in [6.07, 6.45) is 7.20. The maximum Gasteiger partial charge on any atom is 0.0590 e. The maximum absolute atomic E-state index is 5.26. The van der Waals surface area contributed by atoms with E-state index in [2.05, 4.69) is 5.32 Å². The van der Waals surface area contributed by atoms with Crippen LogP contribution in [0.1, 0.15) is 39.0 Å². The minimum Gasteiger partial charge on any atom is -0.380 e. The SMILES string of the molecule is CCOCCNCC1CCCCC1. The van der Waals surface area contributed by atoms with Gasteiger partial charge in [-0.15, -0.1) is 0 Å². The van der Waals surface area contributed by atoms with Crippen molar-refractivity contribution < 1.29 is 4.74 Å². The third-order valence-corrected chi connectivity index (χ3v) is 2.79. The van der Waals surface area contributed by atoms with E-state index in [9.17, 15) is 0 Å². The van der Waals surface area contributed by atoms with Gasteiger partial charge in [-0.1, -0.05) is 19.3 Å². The van der Waals surface area contributed by atoms with Crippen molar-refractivity contribution in [3.8, 4) is 0 Å². The van der Waals surface area contributed by atoms with Crippen molar-refractivity contribution in [3.05, 3.63) is 0 Å². The zero-order chi connectivity index (χ0) is 9.36. The Morgan fingerprint density at radius 1 is 1.23 bits per heavy atom. The van der Waals surface area contributed by atoms with Crippen LogP contribution in [0.2, 0.25) is 0 Å². The minimum atomic E-state index is 0.838. The highest BCUT2D eigenvalue weighted by Crippen LogP contribution is 2.22. The fourth-order valence-corrected chi connectivity index (χ4v) is 1.99. The summed E-state index contributed by atoms with van der Waals surface area (Å²) < 4.78 is 5.26. The lowest BCUT2D eigenvalue weighted by Gasteiger charge is -2.21. The molecule has 0 heterocycles. The molecule has 1 fully saturated rings. The number of rotatable bonds is 6. The lowest BCUT2D eigenvalue weighted by Crippen LogP contribution is -2.27. The Morgan fingerprint density at radius 3 is 2.69 bits per heavy atom. The predicted octanol–water partition coefficient (Wildman–Crippen LogP) is 2.19. The molecule has 2 heteroatoms. The molecule has 78 valence electrons. The van der Waals surface area contributed by atoms with Crippen LogP contribution in [0.4, 0.5) is 0 Å². The molecule has 2 nitrogen and oxygen atoms in total. The Morgan fingerprint density at radius 2 is 2.00 bits per heavy atom. The lowest BCUT2D eigenvalue weighted by molar-refractivity contribution is 0.147. The normalized spacial score (nSPS) is 19.2. The van der Waals surface area contributed by atoms with Gasteiger partial charge in [-0.2, -0.15) is 0 Å². The van der Waals surface area contributed by atoms with Gasteiger partial charge in [0.2, 0.25) is 0 Å². The molecule has 0 amide bonds. The molecule has 1 rings (SSSR count). The Kier molecular flexibility index (Phi) is 6.21. The molecular weight excluding hydrogens is 162 g/mol. The molecule has 1 aliphatic rings. The Labute approximate surface area is 82.0 Å². The van der Waals surface area contributed by atoms with E-state index in [4.69, 9.17) is 4.74 Å². The van der Waals surface area contributed by atoms with E-state index in [0.29, 0.717) is 0 Å². The molecule has 0 spiro atoms. The van der Waals surface area contributed by atoms with E-state index in [1.165, 1.54) is 38.6 Å². The highest BCUT2D eigenvalue weighted by molar-refractivity contribution is 4.67. The van der Waals surface area contributed by atoms with Gasteiger partial charge in [-0.05, 0) is 32.2 Å². The first-order valence-electron chi connectivity index (χ1n) is 5.72. The number of hydrogen-bond acceptors (Lipinski definition) is 2. The summed E-state index contributed by atoms with van der Waals surface area (Å²) in [7, 11) is 0. The quantitative estimate of drug-likeness (QED) is 0.640. The summed E-state index contributed by atoms with van der Waals surface area (Å²) in [6.45, 7) is 5.97. The van der Waals surface area contributed by atoms with Gasteiger partial charge in [0.1, 0.15) is 0 Å². The molecule has 1 N–H and O–H groups in total. The number of hydrogen-bond donors (Lipinski definition) is 1. The summed E-state index contributed by atoms with van der Waals surface area (Å²) in [6, 6.07) is 0. The van der Waals surface area contributed by atoms with Crippen LogP contribution in [0, 0.1) is 5.92 Å². The predicted molar refractivity (Wildman–Crippen MR) is 55.9 cm³/mol. The fourth-order valence-electron chi connectivity index (χ4n) is 1.99. The average Bonchev–Trinajstić information content (AvgIpc) is 2.19. The van der Waals surface area contributed by atoms with Gasteiger partial charge < -0.3 is 10.1 Å². The second kappa shape index (κ2) is 7.34. The molecule has 0 unspecified atom stereocenters. The van der Waals surface area contributed by atoms with E-state index in [-0.39, 0.29) is 0 Å². The first-order valence-corrected chi connectivity index (χ1v) is 5.72. The number of ether oxygens (including phenoxy) is 1. The Hall–Kier alpha value is -0.0800. The van der Waals surface area contributed by atoms with Crippen LogP contribution in [0.15, 0.2) is 0 Å². The Bertz CT molecular complexity index is 111. The molecule has 0 aromatic rings. The molecule has 0 saturated heterocycles. The van der Waals surface area contributed by atoms with Crippen molar-refractivity contribution in [1.82, 2.24) is 5.32 Å². The summed E-state index contributed by atoms with van der Waals surface area (Å²) >= 11 is 0. The first kappa shape index (κ1) is 11.0. The molecule has 0 aromatic carbocycles. The highest BCUT2D eigenvalue weighted by Gasteiger charge is 2.11. The van der Waals surface area contributed by atoms with E-state index < -0.39 is 0 Å². The van der Waals surface area contributed by atoms with Crippen LogP contribution < -0.4 is 5.32 Å². The molecular formula is C11H23NO. The van der Waals surface area contributed by atoms with E-state index in [0.717, 1.165) is 25.7 Å².